The Morgan fingerprint density at radius 3 is 2.20 bits per heavy atom. The molecule has 5 aromatic rings. The molecule has 0 radical (unpaired) electrons. The summed E-state index contributed by atoms with van der Waals surface area (Å²) >= 11 is 0. The minimum atomic E-state index is -4.27. The maximum atomic E-state index is 13.8. The number of hydrogen-bond acceptors (Lipinski definition) is 12. The molecule has 0 atom stereocenters. The van der Waals surface area contributed by atoms with Crippen LogP contribution >= 0.6 is 0 Å². The van der Waals surface area contributed by atoms with Gasteiger partial charge in [-0.1, -0.05) is 57.2 Å². The van der Waals surface area contributed by atoms with Crippen LogP contribution < -0.4 is 24.2 Å². The number of amides is 1. The van der Waals surface area contributed by atoms with Crippen LogP contribution in [-0.2, 0) is 20.2 Å². The molecule has 50 heavy (non-hydrogen) atoms. The van der Waals surface area contributed by atoms with Gasteiger partial charge in [-0.2, -0.15) is 4.98 Å². The van der Waals surface area contributed by atoms with E-state index in [0.29, 0.717) is 5.75 Å². The first-order valence-corrected chi connectivity index (χ1v) is 16.6. The summed E-state index contributed by atoms with van der Waals surface area (Å²) in [6.07, 6.45) is 2.64. The number of anilines is 2. The fourth-order valence-electron chi connectivity index (χ4n) is 4.53. The van der Waals surface area contributed by atoms with Gasteiger partial charge in [0.15, 0.2) is 23.1 Å². The summed E-state index contributed by atoms with van der Waals surface area (Å²) in [5.41, 5.74) is 0.466. The third-order valence-corrected chi connectivity index (χ3v) is 8.44. The highest BCUT2D eigenvalue weighted by Gasteiger charge is 2.27. The lowest BCUT2D eigenvalue weighted by molar-refractivity contribution is -0.383. The van der Waals surface area contributed by atoms with Crippen LogP contribution in [0.4, 0.5) is 17.2 Å². The van der Waals surface area contributed by atoms with Crippen LogP contribution in [0, 0.1) is 10.1 Å². The fourth-order valence-corrected chi connectivity index (χ4v) is 5.53. The Balaban J connectivity index is 1.54. The minimum Gasteiger partial charge on any atom is -0.493 e. The topological polar surface area (TPSA) is 198 Å². The van der Waals surface area contributed by atoms with Crippen LogP contribution in [0.3, 0.4) is 0 Å². The van der Waals surface area contributed by atoms with Crippen molar-refractivity contribution in [3.63, 3.8) is 0 Å². The van der Waals surface area contributed by atoms with E-state index in [0.717, 1.165) is 5.56 Å². The van der Waals surface area contributed by atoms with Gasteiger partial charge in [0.05, 0.1) is 30.0 Å². The lowest BCUT2D eigenvalue weighted by Gasteiger charge is -2.20. The average Bonchev–Trinajstić information content (AvgIpc) is 3.09. The molecule has 0 bridgehead atoms. The number of benzene rings is 3. The van der Waals surface area contributed by atoms with E-state index in [1.165, 1.54) is 49.8 Å². The number of nitrogens with zero attached hydrogens (tertiary/aromatic N) is 5. The molecule has 2 heterocycles. The van der Waals surface area contributed by atoms with Crippen LogP contribution in [0.15, 0.2) is 96.2 Å². The van der Waals surface area contributed by atoms with Gasteiger partial charge in [0, 0.05) is 18.5 Å². The van der Waals surface area contributed by atoms with Crippen molar-refractivity contribution in [3.8, 4) is 34.8 Å². The predicted molar refractivity (Wildman–Crippen MR) is 184 cm³/mol. The van der Waals surface area contributed by atoms with Gasteiger partial charge in [0.2, 0.25) is 17.5 Å². The largest absolute Gasteiger partial charge is 0.493 e. The number of ether oxygens (including phenoxy) is 3. The maximum absolute atomic E-state index is 13.8. The number of rotatable bonds is 13. The Morgan fingerprint density at radius 2 is 1.54 bits per heavy atom. The zero-order chi connectivity index (χ0) is 35.9. The number of nitro benzene ring substituents is 1. The van der Waals surface area contributed by atoms with Crippen LogP contribution in [0.5, 0.6) is 23.1 Å². The van der Waals surface area contributed by atoms with Crippen molar-refractivity contribution in [2.75, 3.05) is 23.8 Å². The Morgan fingerprint density at radius 1 is 0.880 bits per heavy atom. The summed E-state index contributed by atoms with van der Waals surface area (Å²) in [4.78, 5) is 40.8. The molecule has 2 aromatic heterocycles. The summed E-state index contributed by atoms with van der Waals surface area (Å²) in [5, 5.41) is 13.9. The smallest absolute Gasteiger partial charge is 0.292 e. The molecule has 0 aliphatic carbocycles. The molecule has 15 nitrogen and oxygen atoms in total. The molecule has 3 aromatic carbocycles. The second-order valence-corrected chi connectivity index (χ2v) is 13.3. The quantitative estimate of drug-likeness (QED) is 0.105. The molecule has 258 valence electrons. The fraction of sp³-hybridized carbons (Fsp3) is 0.206. The first-order chi connectivity index (χ1) is 23.9. The maximum Gasteiger partial charge on any atom is 0.292 e. The Bertz CT molecular complexity index is 2110. The number of nitrogens with one attached hydrogen (secondary N) is 2. The van der Waals surface area contributed by atoms with E-state index < -0.39 is 20.9 Å². The number of hydrogen-bond donors (Lipinski definition) is 2. The lowest BCUT2D eigenvalue weighted by atomic mass is 9.87. The molecule has 0 fully saturated rings. The van der Waals surface area contributed by atoms with Gasteiger partial charge in [0.25, 0.3) is 21.6 Å². The van der Waals surface area contributed by atoms with Gasteiger partial charge in [-0.05, 0) is 47.4 Å². The number of nitro groups is 1. The summed E-state index contributed by atoms with van der Waals surface area (Å²) < 4.78 is 47.6. The van der Waals surface area contributed by atoms with Crippen molar-refractivity contribution < 1.29 is 32.3 Å². The second kappa shape index (κ2) is 14.9. The molecule has 0 spiro atoms. The van der Waals surface area contributed by atoms with Crippen LogP contribution in [-0.4, -0.2) is 52.9 Å². The third-order valence-electron chi connectivity index (χ3n) is 7.09. The van der Waals surface area contributed by atoms with Crippen molar-refractivity contribution >= 4 is 33.1 Å². The molecule has 0 unspecified atom stereocenters. The molecule has 0 aliphatic rings. The van der Waals surface area contributed by atoms with Crippen LogP contribution in [0.1, 0.15) is 32.8 Å². The molecule has 5 rings (SSSR count). The van der Waals surface area contributed by atoms with E-state index >= 15 is 0 Å². The van der Waals surface area contributed by atoms with E-state index in [1.807, 2.05) is 20.8 Å². The highest BCUT2D eigenvalue weighted by atomic mass is 32.2. The van der Waals surface area contributed by atoms with Gasteiger partial charge in [-0.25, -0.2) is 23.4 Å². The predicted octanol–water partition coefficient (Wildman–Crippen LogP) is 6.15. The zero-order valence-corrected chi connectivity index (χ0v) is 28.3. The van der Waals surface area contributed by atoms with E-state index in [1.54, 1.807) is 48.5 Å². The third kappa shape index (κ3) is 8.46. The van der Waals surface area contributed by atoms with Crippen molar-refractivity contribution in [2.24, 2.45) is 0 Å². The Labute approximate surface area is 287 Å². The van der Waals surface area contributed by atoms with Crippen LogP contribution in [0.2, 0.25) is 0 Å². The Hall–Kier alpha value is -6.16. The van der Waals surface area contributed by atoms with E-state index in [4.69, 9.17) is 14.2 Å². The lowest BCUT2D eigenvalue weighted by Crippen LogP contribution is -2.18. The second-order valence-electron chi connectivity index (χ2n) is 11.7. The first kappa shape index (κ1) is 35.2. The summed E-state index contributed by atoms with van der Waals surface area (Å²) in [6.45, 7) is 5.74. The number of para-hydroxylation sites is 4. The number of methoxy groups -OCH3 is 1. The average molecular weight is 700 g/mol. The van der Waals surface area contributed by atoms with E-state index in [2.05, 4.69) is 30.0 Å². The van der Waals surface area contributed by atoms with E-state index in [9.17, 15) is 23.3 Å². The molecule has 0 aliphatic heterocycles. The van der Waals surface area contributed by atoms with Gasteiger partial charge in [0.1, 0.15) is 5.69 Å². The van der Waals surface area contributed by atoms with Crippen molar-refractivity contribution in [3.05, 3.63) is 107 Å². The highest BCUT2D eigenvalue weighted by molar-refractivity contribution is 7.92. The van der Waals surface area contributed by atoms with Gasteiger partial charge in [-0.15, -0.1) is 0 Å². The molecule has 0 saturated carbocycles. The zero-order valence-electron chi connectivity index (χ0n) is 27.5. The van der Waals surface area contributed by atoms with Crippen molar-refractivity contribution in [2.45, 2.75) is 37.5 Å². The molecule has 0 saturated heterocycles. The molecular formula is C34H33N7O8S. The van der Waals surface area contributed by atoms with E-state index in [-0.39, 0.29) is 69.6 Å². The summed E-state index contributed by atoms with van der Waals surface area (Å²) in [6, 6.07) is 20.3. The molecular weight excluding hydrogens is 666 g/mol. The number of carbonyl (C=O) groups is 1. The van der Waals surface area contributed by atoms with Crippen molar-refractivity contribution in [1.82, 2.24) is 19.9 Å². The summed E-state index contributed by atoms with van der Waals surface area (Å²) in [7, 11) is -2.83. The Kier molecular flexibility index (Phi) is 10.5. The number of aromatic nitrogens is 4. The summed E-state index contributed by atoms with van der Waals surface area (Å²) in [5.74, 6) is -0.987. The van der Waals surface area contributed by atoms with Crippen molar-refractivity contribution in [1.29, 1.82) is 0 Å². The normalized spacial score (nSPS) is 11.4. The number of sulfonamides is 1. The van der Waals surface area contributed by atoms with Gasteiger partial charge < -0.3 is 19.5 Å². The molecule has 2 N–H and O–H groups in total. The SMILES string of the molecule is COc1ccccc1Oc1c(NS(=O)(=O)c2ccc(C(C)(C)C)cc2)nc(-c2ncccn2)nc1OCCC(=O)Nc1ccccc1[N+](=O)[O-]. The van der Waals surface area contributed by atoms with Crippen LogP contribution in [0.25, 0.3) is 11.6 Å². The highest BCUT2D eigenvalue weighted by Crippen LogP contribution is 2.41. The first-order valence-electron chi connectivity index (χ1n) is 15.2. The minimum absolute atomic E-state index is 0.0143. The standard InChI is InChI=1S/C34H33N7O8S/c1-34(2,3)22-14-16-23(17-15-22)50(45,46)40-30-29(49-27-13-8-7-12-26(27)47-4)33(39-32(38-30)31-35-19-9-20-36-31)48-21-18-28(42)37-24-10-5-6-11-25(24)41(43)44/h5-17,19-20H,18,21H2,1-4H3,(H,37,42)(H,38,39,40). The number of carbonyl (C=O) groups excluding carboxylic acids is 1. The molecule has 1 amide bonds. The monoisotopic (exact) mass is 699 g/mol. The van der Waals surface area contributed by atoms with Gasteiger partial charge >= 0.3 is 0 Å². The van der Waals surface area contributed by atoms with Gasteiger partial charge in [-0.3, -0.25) is 19.6 Å². The molecule has 16 heteroatoms.